The van der Waals surface area contributed by atoms with Crippen LogP contribution in [-0.2, 0) is 9.59 Å². The largest absolute Gasteiger partial charge is 0.361 e. The number of nitrogens with one attached hydrogen (secondary N) is 2. The van der Waals surface area contributed by atoms with Crippen LogP contribution in [-0.4, -0.2) is 42.6 Å². The van der Waals surface area contributed by atoms with E-state index in [4.69, 9.17) is 5.73 Å². The molecule has 4 N–H and O–H groups in total. The standard InChI is InChI=1S/C8H16N4O2/c1-2-6(11-8(14)7(9)13)12-4-3-10-5-12/h6,10H,2-5H2,1H3,(H2,9,13)(H,11,14). The number of nitrogens with two attached hydrogens (primary N) is 1. The van der Waals surface area contributed by atoms with Crippen LogP contribution < -0.4 is 16.4 Å². The third-order valence-corrected chi connectivity index (χ3v) is 2.24. The lowest BCUT2D eigenvalue weighted by atomic mass is 10.3. The Kier molecular flexibility index (Phi) is 3.84. The SMILES string of the molecule is CCC(NC(=O)C(N)=O)N1CCNC1. The lowest BCUT2D eigenvalue weighted by Crippen LogP contribution is -2.50. The molecular weight excluding hydrogens is 184 g/mol. The fourth-order valence-corrected chi connectivity index (χ4v) is 1.46. The number of amides is 2. The maximum absolute atomic E-state index is 11.0. The van der Waals surface area contributed by atoms with Gasteiger partial charge in [0.2, 0.25) is 0 Å². The molecule has 1 aliphatic heterocycles. The highest BCUT2D eigenvalue weighted by Crippen LogP contribution is 2.02. The number of hydrogen-bond donors (Lipinski definition) is 3. The number of carbonyl (C=O) groups excluding carboxylic acids is 2. The van der Waals surface area contributed by atoms with Crippen LogP contribution in [0.15, 0.2) is 0 Å². The molecular formula is C8H16N4O2. The Morgan fingerprint density at radius 2 is 2.36 bits per heavy atom. The van der Waals surface area contributed by atoms with E-state index in [9.17, 15) is 9.59 Å². The van der Waals surface area contributed by atoms with Crippen LogP contribution >= 0.6 is 0 Å². The minimum Gasteiger partial charge on any atom is -0.361 e. The maximum Gasteiger partial charge on any atom is 0.310 e. The van der Waals surface area contributed by atoms with E-state index in [0.717, 1.165) is 26.2 Å². The van der Waals surface area contributed by atoms with Crippen LogP contribution in [0.1, 0.15) is 13.3 Å². The van der Waals surface area contributed by atoms with Gasteiger partial charge in [0.25, 0.3) is 0 Å². The molecule has 14 heavy (non-hydrogen) atoms. The maximum atomic E-state index is 11.0. The molecule has 0 aromatic rings. The number of nitrogens with zero attached hydrogens (tertiary/aromatic N) is 1. The first-order valence-electron chi connectivity index (χ1n) is 4.70. The van der Waals surface area contributed by atoms with Gasteiger partial charge >= 0.3 is 11.8 Å². The van der Waals surface area contributed by atoms with Gasteiger partial charge in [-0.15, -0.1) is 0 Å². The van der Waals surface area contributed by atoms with Crippen molar-refractivity contribution in [3.63, 3.8) is 0 Å². The van der Waals surface area contributed by atoms with Crippen LogP contribution in [0.4, 0.5) is 0 Å². The molecule has 1 rings (SSSR count). The Morgan fingerprint density at radius 3 is 2.79 bits per heavy atom. The molecule has 6 nitrogen and oxygen atoms in total. The van der Waals surface area contributed by atoms with E-state index in [-0.39, 0.29) is 6.17 Å². The molecule has 1 saturated heterocycles. The molecule has 1 atom stereocenters. The van der Waals surface area contributed by atoms with Crippen molar-refractivity contribution >= 4 is 11.8 Å². The van der Waals surface area contributed by atoms with E-state index in [1.807, 2.05) is 6.92 Å². The number of primary amides is 1. The number of rotatable bonds is 3. The van der Waals surface area contributed by atoms with Crippen LogP contribution in [0.3, 0.4) is 0 Å². The summed E-state index contributed by atoms with van der Waals surface area (Å²) in [6.07, 6.45) is 0.644. The molecule has 1 fully saturated rings. The van der Waals surface area contributed by atoms with Gasteiger partial charge in [-0.1, -0.05) is 6.92 Å². The smallest absolute Gasteiger partial charge is 0.310 e. The van der Waals surface area contributed by atoms with E-state index in [1.54, 1.807) is 0 Å². The van der Waals surface area contributed by atoms with Gasteiger partial charge in [0.05, 0.1) is 12.8 Å². The average Bonchev–Trinajstić information content (AvgIpc) is 2.66. The Labute approximate surface area is 82.8 Å². The average molecular weight is 200 g/mol. The minimum absolute atomic E-state index is 0.106. The van der Waals surface area contributed by atoms with Crippen molar-refractivity contribution < 1.29 is 9.59 Å². The van der Waals surface area contributed by atoms with Crippen LogP contribution in [0, 0.1) is 0 Å². The Morgan fingerprint density at radius 1 is 1.64 bits per heavy atom. The highest BCUT2D eigenvalue weighted by atomic mass is 16.2. The van der Waals surface area contributed by atoms with Gasteiger partial charge in [0.15, 0.2) is 0 Å². The van der Waals surface area contributed by atoms with E-state index in [0.29, 0.717) is 0 Å². The van der Waals surface area contributed by atoms with Crippen molar-refractivity contribution in [1.82, 2.24) is 15.5 Å². The fraction of sp³-hybridized carbons (Fsp3) is 0.750. The predicted octanol–water partition coefficient (Wildman–Crippen LogP) is -1.81. The lowest BCUT2D eigenvalue weighted by molar-refractivity contribution is -0.138. The van der Waals surface area contributed by atoms with Gasteiger partial charge in [0.1, 0.15) is 0 Å². The predicted molar refractivity (Wildman–Crippen MR) is 51.0 cm³/mol. The monoisotopic (exact) mass is 200 g/mol. The van der Waals surface area contributed by atoms with Crippen molar-refractivity contribution in [3.05, 3.63) is 0 Å². The number of hydrogen-bond acceptors (Lipinski definition) is 4. The molecule has 1 aliphatic rings. The summed E-state index contributed by atoms with van der Waals surface area (Å²) in [7, 11) is 0. The summed E-state index contributed by atoms with van der Waals surface area (Å²) in [5.41, 5.74) is 4.85. The molecule has 0 aromatic heterocycles. The summed E-state index contributed by atoms with van der Waals surface area (Å²) >= 11 is 0. The van der Waals surface area contributed by atoms with Gasteiger partial charge in [-0.05, 0) is 6.42 Å². The van der Waals surface area contributed by atoms with Crippen molar-refractivity contribution in [2.45, 2.75) is 19.5 Å². The first-order valence-corrected chi connectivity index (χ1v) is 4.70. The zero-order chi connectivity index (χ0) is 10.6. The van der Waals surface area contributed by atoms with Crippen LogP contribution in [0.25, 0.3) is 0 Å². The quantitative estimate of drug-likeness (QED) is 0.468. The molecule has 0 radical (unpaired) electrons. The fourth-order valence-electron chi connectivity index (χ4n) is 1.46. The number of carbonyl (C=O) groups is 2. The normalized spacial score (nSPS) is 19.2. The molecule has 1 heterocycles. The summed E-state index contributed by atoms with van der Waals surface area (Å²) in [4.78, 5) is 23.6. The van der Waals surface area contributed by atoms with Gasteiger partial charge in [0, 0.05) is 13.1 Å². The van der Waals surface area contributed by atoms with Crippen LogP contribution in [0.2, 0.25) is 0 Å². The van der Waals surface area contributed by atoms with Crippen LogP contribution in [0.5, 0.6) is 0 Å². The zero-order valence-corrected chi connectivity index (χ0v) is 8.25. The van der Waals surface area contributed by atoms with Crippen molar-refractivity contribution in [2.24, 2.45) is 5.73 Å². The van der Waals surface area contributed by atoms with E-state index in [2.05, 4.69) is 15.5 Å². The third kappa shape index (κ3) is 2.68. The van der Waals surface area contributed by atoms with E-state index >= 15 is 0 Å². The summed E-state index contributed by atoms with van der Waals surface area (Å²) < 4.78 is 0. The summed E-state index contributed by atoms with van der Waals surface area (Å²) in [6, 6.07) is 0. The third-order valence-electron chi connectivity index (χ3n) is 2.24. The van der Waals surface area contributed by atoms with Gasteiger partial charge < -0.3 is 16.4 Å². The Bertz CT molecular complexity index is 225. The lowest BCUT2D eigenvalue weighted by Gasteiger charge is -2.25. The second kappa shape index (κ2) is 4.92. The summed E-state index contributed by atoms with van der Waals surface area (Å²) in [6.45, 7) is 4.46. The highest BCUT2D eigenvalue weighted by Gasteiger charge is 2.22. The molecule has 2 amide bonds. The van der Waals surface area contributed by atoms with Crippen molar-refractivity contribution in [2.75, 3.05) is 19.8 Å². The molecule has 1 unspecified atom stereocenters. The van der Waals surface area contributed by atoms with Crippen molar-refractivity contribution in [3.8, 4) is 0 Å². The summed E-state index contributed by atoms with van der Waals surface area (Å²) in [5, 5.41) is 5.73. The molecule has 6 heteroatoms. The zero-order valence-electron chi connectivity index (χ0n) is 8.25. The highest BCUT2D eigenvalue weighted by molar-refractivity contribution is 6.34. The minimum atomic E-state index is -0.935. The topological polar surface area (TPSA) is 87.5 Å². The van der Waals surface area contributed by atoms with Gasteiger partial charge in [-0.2, -0.15) is 0 Å². The molecule has 0 saturated carbocycles. The molecule has 0 spiro atoms. The second-order valence-corrected chi connectivity index (χ2v) is 3.23. The first kappa shape index (κ1) is 10.9. The Balaban J connectivity index is 2.45. The van der Waals surface area contributed by atoms with Gasteiger partial charge in [-0.3, -0.25) is 14.5 Å². The van der Waals surface area contributed by atoms with Crippen molar-refractivity contribution in [1.29, 1.82) is 0 Å². The molecule has 0 bridgehead atoms. The molecule has 0 aliphatic carbocycles. The van der Waals surface area contributed by atoms with E-state index < -0.39 is 11.8 Å². The molecule has 80 valence electrons. The summed E-state index contributed by atoms with van der Waals surface area (Å²) in [5.74, 6) is -1.65. The Hall–Kier alpha value is -1.14. The van der Waals surface area contributed by atoms with E-state index in [1.165, 1.54) is 0 Å². The van der Waals surface area contributed by atoms with Gasteiger partial charge in [-0.25, -0.2) is 0 Å². The molecule has 0 aromatic carbocycles. The first-order chi connectivity index (χ1) is 6.65. The second-order valence-electron chi connectivity index (χ2n) is 3.23.